The third-order valence-electron chi connectivity index (χ3n) is 4.39. The van der Waals surface area contributed by atoms with Gasteiger partial charge in [0.2, 0.25) is 0 Å². The van der Waals surface area contributed by atoms with Gasteiger partial charge >= 0.3 is 0 Å². The van der Waals surface area contributed by atoms with E-state index in [1.165, 1.54) is 43.4 Å². The Bertz CT molecular complexity index is 614. The molecule has 1 fully saturated rings. The highest BCUT2D eigenvalue weighted by molar-refractivity contribution is 5.61. The van der Waals surface area contributed by atoms with E-state index in [-0.39, 0.29) is 0 Å². The Morgan fingerprint density at radius 2 is 2.05 bits per heavy atom. The normalized spacial score (nSPS) is 16.5. The largest absolute Gasteiger partial charge is 0.345 e. The van der Waals surface area contributed by atoms with Crippen molar-refractivity contribution in [1.29, 1.82) is 0 Å². The van der Waals surface area contributed by atoms with Gasteiger partial charge in [0.25, 0.3) is 0 Å². The number of aromatic nitrogens is 3. The summed E-state index contributed by atoms with van der Waals surface area (Å²) < 4.78 is 2.27. The molecule has 1 N–H and O–H groups in total. The maximum Gasteiger partial charge on any atom is 0.154 e. The number of hydrogen-bond donors (Lipinski definition) is 1. The fraction of sp³-hybridized carbons (Fsp3) is 0.500. The lowest BCUT2D eigenvalue weighted by Gasteiger charge is -2.23. The molecular weight excluding hydrogens is 248 g/mol. The molecule has 4 nitrogen and oxygen atoms in total. The number of rotatable bonds is 3. The molecule has 106 valence electrons. The minimum Gasteiger partial charge on any atom is -0.345 e. The van der Waals surface area contributed by atoms with Gasteiger partial charge in [0.15, 0.2) is 5.82 Å². The van der Waals surface area contributed by atoms with Crippen LogP contribution >= 0.6 is 0 Å². The summed E-state index contributed by atoms with van der Waals surface area (Å²) in [5.41, 5.74) is 3.62. The van der Waals surface area contributed by atoms with Crippen LogP contribution in [0.15, 0.2) is 17.4 Å². The number of aryl methyl sites for hydroxylation is 2. The van der Waals surface area contributed by atoms with Gasteiger partial charge in [0, 0.05) is 24.0 Å². The number of hydrogen-bond acceptors (Lipinski definition) is 2. The van der Waals surface area contributed by atoms with Crippen molar-refractivity contribution in [3.63, 3.8) is 0 Å². The maximum absolute atomic E-state index is 4.55. The molecule has 3 rings (SSSR count). The molecule has 2 aromatic rings. The van der Waals surface area contributed by atoms with Crippen molar-refractivity contribution in [2.75, 3.05) is 0 Å². The van der Waals surface area contributed by atoms with Crippen LogP contribution in [0.5, 0.6) is 0 Å². The summed E-state index contributed by atoms with van der Waals surface area (Å²) in [4.78, 5) is 11.9. The third kappa shape index (κ3) is 2.09. The number of aliphatic imine (C=N–C) groups is 1. The molecule has 0 atom stereocenters. The van der Waals surface area contributed by atoms with Gasteiger partial charge in [-0.05, 0) is 39.0 Å². The van der Waals surface area contributed by atoms with Crippen LogP contribution in [0.1, 0.15) is 55.1 Å². The van der Waals surface area contributed by atoms with Crippen LogP contribution in [0.3, 0.4) is 0 Å². The van der Waals surface area contributed by atoms with Gasteiger partial charge in [-0.25, -0.2) is 9.98 Å². The summed E-state index contributed by atoms with van der Waals surface area (Å²) in [5.74, 6) is 2.48. The summed E-state index contributed by atoms with van der Waals surface area (Å²) in [6.07, 6.45) is 10.6. The fourth-order valence-electron chi connectivity index (χ4n) is 3.34. The van der Waals surface area contributed by atoms with Gasteiger partial charge in [-0.15, -0.1) is 0 Å². The van der Waals surface area contributed by atoms with Crippen molar-refractivity contribution < 1.29 is 0 Å². The molecule has 0 bridgehead atoms. The Balaban J connectivity index is 2.11. The number of nitrogens with zero attached hydrogens (tertiary/aromatic N) is 3. The summed E-state index contributed by atoms with van der Waals surface area (Å²) in [6, 6.07) is 0. The van der Waals surface area contributed by atoms with Gasteiger partial charge in [-0.1, -0.05) is 19.3 Å². The Morgan fingerprint density at radius 3 is 2.75 bits per heavy atom. The van der Waals surface area contributed by atoms with Crippen LogP contribution in [0.2, 0.25) is 0 Å². The molecule has 1 aliphatic rings. The van der Waals surface area contributed by atoms with E-state index in [0.29, 0.717) is 5.92 Å². The van der Waals surface area contributed by atoms with E-state index in [1.54, 1.807) is 0 Å². The van der Waals surface area contributed by atoms with Gasteiger partial charge < -0.3 is 4.98 Å². The highest BCUT2D eigenvalue weighted by Crippen LogP contribution is 2.36. The Morgan fingerprint density at radius 1 is 1.30 bits per heavy atom. The lowest BCUT2D eigenvalue weighted by molar-refractivity contribution is 0.432. The molecule has 0 radical (unpaired) electrons. The van der Waals surface area contributed by atoms with Crippen LogP contribution < -0.4 is 0 Å². The average Bonchev–Trinajstić information content (AvgIpc) is 3.02. The van der Waals surface area contributed by atoms with Gasteiger partial charge in [-0.2, -0.15) is 0 Å². The van der Waals surface area contributed by atoms with Crippen molar-refractivity contribution in [3.8, 4) is 5.69 Å². The SMILES string of the molecule is C=Nc1[nH]cc(C)c1-n1c(C2CCCCC2)cnc1C. The highest BCUT2D eigenvalue weighted by Gasteiger charge is 2.23. The van der Waals surface area contributed by atoms with E-state index in [0.717, 1.165) is 17.3 Å². The first-order chi connectivity index (χ1) is 9.72. The molecule has 4 heteroatoms. The zero-order valence-electron chi connectivity index (χ0n) is 12.3. The highest BCUT2D eigenvalue weighted by atomic mass is 15.1. The molecular formula is C16H22N4. The van der Waals surface area contributed by atoms with Crippen molar-refractivity contribution >= 4 is 12.5 Å². The second-order valence-corrected chi connectivity index (χ2v) is 5.73. The van der Waals surface area contributed by atoms with E-state index in [9.17, 15) is 0 Å². The zero-order valence-corrected chi connectivity index (χ0v) is 12.3. The molecule has 1 aliphatic carbocycles. The van der Waals surface area contributed by atoms with Crippen molar-refractivity contribution in [3.05, 3.63) is 29.5 Å². The van der Waals surface area contributed by atoms with E-state index >= 15 is 0 Å². The minimum absolute atomic E-state index is 0.622. The Hall–Kier alpha value is -1.84. The summed E-state index contributed by atoms with van der Waals surface area (Å²) in [7, 11) is 0. The molecule has 0 unspecified atom stereocenters. The lowest BCUT2D eigenvalue weighted by Crippen LogP contribution is -2.11. The van der Waals surface area contributed by atoms with Crippen LogP contribution in [0.25, 0.3) is 5.69 Å². The fourth-order valence-corrected chi connectivity index (χ4v) is 3.34. The molecule has 2 aromatic heterocycles. The van der Waals surface area contributed by atoms with Gasteiger partial charge in [0.05, 0.1) is 5.69 Å². The third-order valence-corrected chi connectivity index (χ3v) is 4.39. The number of H-pyrrole nitrogens is 1. The molecule has 0 aliphatic heterocycles. The summed E-state index contributed by atoms with van der Waals surface area (Å²) >= 11 is 0. The molecule has 0 saturated heterocycles. The first-order valence-corrected chi connectivity index (χ1v) is 7.41. The predicted octanol–water partition coefficient (Wildman–Crippen LogP) is 4.20. The van der Waals surface area contributed by atoms with Crippen LogP contribution in [-0.2, 0) is 0 Å². The number of imidazole rings is 1. The standard InChI is InChI=1S/C16H22N4/c1-11-9-19-16(17-3)15(11)20-12(2)18-10-14(20)13-7-5-4-6-8-13/h9-10,13,19H,3-8H2,1-2H3. The predicted molar refractivity (Wildman–Crippen MR) is 82.4 cm³/mol. The van der Waals surface area contributed by atoms with E-state index in [1.807, 2.05) is 12.4 Å². The summed E-state index contributed by atoms with van der Waals surface area (Å²) in [5, 5.41) is 0. The zero-order chi connectivity index (χ0) is 14.1. The van der Waals surface area contributed by atoms with Gasteiger partial charge in [-0.3, -0.25) is 4.57 Å². The quantitative estimate of drug-likeness (QED) is 0.835. The van der Waals surface area contributed by atoms with Gasteiger partial charge in [0.1, 0.15) is 5.82 Å². The minimum atomic E-state index is 0.622. The number of aromatic amines is 1. The molecule has 0 amide bonds. The second-order valence-electron chi connectivity index (χ2n) is 5.73. The van der Waals surface area contributed by atoms with Crippen molar-refractivity contribution in [1.82, 2.24) is 14.5 Å². The molecule has 0 spiro atoms. The smallest absolute Gasteiger partial charge is 0.154 e. The van der Waals surface area contributed by atoms with Crippen LogP contribution in [0.4, 0.5) is 5.82 Å². The van der Waals surface area contributed by atoms with Crippen LogP contribution in [0, 0.1) is 13.8 Å². The molecule has 0 aromatic carbocycles. The lowest BCUT2D eigenvalue weighted by atomic mass is 9.87. The maximum atomic E-state index is 4.55. The first-order valence-electron chi connectivity index (χ1n) is 7.41. The summed E-state index contributed by atoms with van der Waals surface area (Å²) in [6.45, 7) is 7.83. The molecule has 1 saturated carbocycles. The Labute approximate surface area is 120 Å². The van der Waals surface area contributed by atoms with E-state index in [4.69, 9.17) is 0 Å². The second kappa shape index (κ2) is 5.27. The first kappa shape index (κ1) is 13.2. The average molecular weight is 270 g/mol. The topological polar surface area (TPSA) is 46.0 Å². The van der Waals surface area contributed by atoms with E-state index < -0.39 is 0 Å². The monoisotopic (exact) mass is 270 g/mol. The Kier molecular flexibility index (Phi) is 3.47. The molecule has 20 heavy (non-hydrogen) atoms. The van der Waals surface area contributed by atoms with Crippen molar-refractivity contribution in [2.45, 2.75) is 51.9 Å². The van der Waals surface area contributed by atoms with Crippen molar-refractivity contribution in [2.24, 2.45) is 4.99 Å². The van der Waals surface area contributed by atoms with Crippen LogP contribution in [-0.4, -0.2) is 21.3 Å². The molecule has 2 heterocycles. The number of nitrogens with one attached hydrogen (secondary N) is 1. The van der Waals surface area contributed by atoms with E-state index in [2.05, 4.69) is 40.1 Å².